The summed E-state index contributed by atoms with van der Waals surface area (Å²) in [6.07, 6.45) is 4.39. The molecule has 0 aliphatic heterocycles. The second-order valence-corrected chi connectivity index (χ2v) is 5.40. The summed E-state index contributed by atoms with van der Waals surface area (Å²) < 4.78 is 0. The monoisotopic (exact) mass is 198 g/mol. The predicted molar refractivity (Wildman–Crippen MR) is 66.5 cm³/mol. The molecule has 1 rings (SSSR count). The van der Waals surface area contributed by atoms with Crippen molar-refractivity contribution in [3.8, 4) is 0 Å². The van der Waals surface area contributed by atoms with Crippen LogP contribution in [-0.4, -0.2) is 0 Å². The van der Waals surface area contributed by atoms with E-state index in [-0.39, 0.29) is 0 Å². The molecule has 0 aromatic carbocycles. The fourth-order valence-corrected chi connectivity index (χ4v) is 2.40. The van der Waals surface area contributed by atoms with Gasteiger partial charge in [-0.2, -0.15) is 0 Å². The maximum Gasteiger partial charge on any atom is -0.0298 e. The molecule has 1 saturated carbocycles. The average Bonchev–Trinajstić information content (AvgIpc) is 2.15. The van der Waals surface area contributed by atoms with Gasteiger partial charge in [0.2, 0.25) is 0 Å². The SMILES string of the molecule is CC.CC(C)C(C)C(C)C1(C)CCC1. The van der Waals surface area contributed by atoms with E-state index >= 15 is 0 Å². The molecule has 1 aliphatic carbocycles. The first-order chi connectivity index (χ1) is 6.47. The summed E-state index contributed by atoms with van der Waals surface area (Å²) in [6.45, 7) is 16.0. The third kappa shape index (κ3) is 3.00. The van der Waals surface area contributed by atoms with Gasteiger partial charge < -0.3 is 0 Å². The predicted octanol–water partition coefficient (Wildman–Crippen LogP) is 5.13. The van der Waals surface area contributed by atoms with E-state index in [2.05, 4.69) is 34.6 Å². The summed E-state index contributed by atoms with van der Waals surface area (Å²) in [4.78, 5) is 0. The Bertz CT molecular complexity index is 142. The van der Waals surface area contributed by atoms with Gasteiger partial charge in [-0.3, -0.25) is 0 Å². The summed E-state index contributed by atoms with van der Waals surface area (Å²) in [6, 6.07) is 0. The molecule has 2 atom stereocenters. The molecule has 0 nitrogen and oxygen atoms in total. The lowest BCUT2D eigenvalue weighted by Crippen LogP contribution is -2.37. The highest BCUT2D eigenvalue weighted by atomic mass is 14.4. The molecule has 0 bridgehead atoms. The van der Waals surface area contributed by atoms with Crippen LogP contribution in [0.4, 0.5) is 0 Å². The lowest BCUT2D eigenvalue weighted by Gasteiger charge is -2.47. The van der Waals surface area contributed by atoms with E-state index in [0.717, 1.165) is 17.8 Å². The topological polar surface area (TPSA) is 0 Å². The summed E-state index contributed by atoms with van der Waals surface area (Å²) in [5.41, 5.74) is 0.684. The highest BCUT2D eigenvalue weighted by Crippen LogP contribution is 2.50. The van der Waals surface area contributed by atoms with E-state index < -0.39 is 0 Å². The third-order valence-corrected chi connectivity index (χ3v) is 4.44. The van der Waals surface area contributed by atoms with Crippen LogP contribution in [0, 0.1) is 23.2 Å². The molecular weight excluding hydrogens is 168 g/mol. The fraction of sp³-hybridized carbons (Fsp3) is 1.00. The Hall–Kier alpha value is 0. The molecule has 1 aliphatic rings. The van der Waals surface area contributed by atoms with Crippen molar-refractivity contribution in [2.45, 2.75) is 67.7 Å². The van der Waals surface area contributed by atoms with Crippen LogP contribution in [0.3, 0.4) is 0 Å². The van der Waals surface area contributed by atoms with Gasteiger partial charge in [0.1, 0.15) is 0 Å². The van der Waals surface area contributed by atoms with Crippen LogP contribution < -0.4 is 0 Å². The fourth-order valence-electron chi connectivity index (χ4n) is 2.40. The molecule has 0 aromatic rings. The normalized spacial score (nSPS) is 23.1. The first kappa shape index (κ1) is 14.0. The minimum atomic E-state index is 0.684. The van der Waals surface area contributed by atoms with Gasteiger partial charge in [0.25, 0.3) is 0 Å². The molecule has 0 saturated heterocycles. The van der Waals surface area contributed by atoms with E-state index in [0.29, 0.717) is 5.41 Å². The minimum Gasteiger partial charge on any atom is -0.0683 e. The Morgan fingerprint density at radius 1 is 0.929 bits per heavy atom. The first-order valence-electron chi connectivity index (χ1n) is 6.47. The molecule has 0 aromatic heterocycles. The number of hydrogen-bond donors (Lipinski definition) is 0. The van der Waals surface area contributed by atoms with E-state index in [1.807, 2.05) is 13.8 Å². The van der Waals surface area contributed by atoms with Crippen LogP contribution in [-0.2, 0) is 0 Å². The Kier molecular flexibility index (Phi) is 5.78. The maximum absolute atomic E-state index is 2.47. The van der Waals surface area contributed by atoms with Crippen LogP contribution in [0.1, 0.15) is 67.7 Å². The van der Waals surface area contributed by atoms with Crippen LogP contribution in [0.15, 0.2) is 0 Å². The molecule has 2 unspecified atom stereocenters. The van der Waals surface area contributed by atoms with Gasteiger partial charge in [0, 0.05) is 0 Å². The Morgan fingerprint density at radius 2 is 1.36 bits per heavy atom. The molecule has 86 valence electrons. The first-order valence-corrected chi connectivity index (χ1v) is 6.47. The van der Waals surface area contributed by atoms with E-state index in [4.69, 9.17) is 0 Å². The van der Waals surface area contributed by atoms with E-state index in [1.54, 1.807) is 0 Å². The van der Waals surface area contributed by atoms with E-state index in [1.165, 1.54) is 19.3 Å². The van der Waals surface area contributed by atoms with Crippen molar-refractivity contribution in [3.63, 3.8) is 0 Å². The van der Waals surface area contributed by atoms with Crippen molar-refractivity contribution < 1.29 is 0 Å². The second kappa shape index (κ2) is 5.78. The summed E-state index contributed by atoms with van der Waals surface area (Å²) in [7, 11) is 0. The van der Waals surface area contributed by atoms with Gasteiger partial charge in [0.05, 0.1) is 0 Å². The van der Waals surface area contributed by atoms with Gasteiger partial charge in [-0.15, -0.1) is 0 Å². The molecule has 14 heavy (non-hydrogen) atoms. The Balaban J connectivity index is 0.000000791. The second-order valence-electron chi connectivity index (χ2n) is 5.40. The molecular formula is C14H30. The van der Waals surface area contributed by atoms with Crippen LogP contribution in [0.2, 0.25) is 0 Å². The van der Waals surface area contributed by atoms with Crippen LogP contribution >= 0.6 is 0 Å². The van der Waals surface area contributed by atoms with Gasteiger partial charge in [0.15, 0.2) is 0 Å². The maximum atomic E-state index is 2.47. The minimum absolute atomic E-state index is 0.684. The van der Waals surface area contributed by atoms with Crippen molar-refractivity contribution in [3.05, 3.63) is 0 Å². The largest absolute Gasteiger partial charge is 0.0683 e. The van der Waals surface area contributed by atoms with Crippen molar-refractivity contribution >= 4 is 0 Å². The van der Waals surface area contributed by atoms with Crippen molar-refractivity contribution in [2.75, 3.05) is 0 Å². The van der Waals surface area contributed by atoms with Gasteiger partial charge >= 0.3 is 0 Å². The smallest absolute Gasteiger partial charge is 0.0298 e. The van der Waals surface area contributed by atoms with Gasteiger partial charge in [-0.1, -0.05) is 54.9 Å². The Morgan fingerprint density at radius 3 is 1.57 bits per heavy atom. The molecule has 0 spiro atoms. The zero-order valence-corrected chi connectivity index (χ0v) is 11.4. The Labute approximate surface area is 91.5 Å². The lowest BCUT2D eigenvalue weighted by atomic mass is 9.58. The van der Waals surface area contributed by atoms with Gasteiger partial charge in [-0.25, -0.2) is 0 Å². The van der Waals surface area contributed by atoms with Crippen molar-refractivity contribution in [1.29, 1.82) is 0 Å². The molecule has 1 fully saturated rings. The lowest BCUT2D eigenvalue weighted by molar-refractivity contribution is 0.0341. The standard InChI is InChI=1S/C12H24.C2H6/c1-9(2)10(3)11(4)12(5)7-6-8-12;1-2/h9-11H,6-8H2,1-5H3;1-2H3. The molecule has 0 amide bonds. The third-order valence-electron chi connectivity index (χ3n) is 4.44. The molecule has 0 heterocycles. The average molecular weight is 198 g/mol. The van der Waals surface area contributed by atoms with Crippen LogP contribution in [0.5, 0.6) is 0 Å². The van der Waals surface area contributed by atoms with Crippen LogP contribution in [0.25, 0.3) is 0 Å². The van der Waals surface area contributed by atoms with Crippen molar-refractivity contribution in [1.82, 2.24) is 0 Å². The van der Waals surface area contributed by atoms with Crippen molar-refractivity contribution in [2.24, 2.45) is 23.2 Å². The molecule has 0 radical (unpaired) electrons. The zero-order valence-electron chi connectivity index (χ0n) is 11.4. The quantitative estimate of drug-likeness (QED) is 0.589. The summed E-state index contributed by atoms with van der Waals surface area (Å²) in [5.74, 6) is 2.64. The van der Waals surface area contributed by atoms with Gasteiger partial charge in [-0.05, 0) is 36.0 Å². The summed E-state index contributed by atoms with van der Waals surface area (Å²) in [5, 5.41) is 0. The summed E-state index contributed by atoms with van der Waals surface area (Å²) >= 11 is 0. The highest BCUT2D eigenvalue weighted by molar-refractivity contribution is 4.90. The number of hydrogen-bond acceptors (Lipinski definition) is 0. The zero-order chi connectivity index (χ0) is 11.4. The number of rotatable bonds is 3. The van der Waals surface area contributed by atoms with E-state index in [9.17, 15) is 0 Å². The molecule has 0 heteroatoms. The highest BCUT2D eigenvalue weighted by Gasteiger charge is 2.39. The molecule has 0 N–H and O–H groups in total.